The number of aliphatic hydroxyl groups excluding tert-OH is 3. The van der Waals surface area contributed by atoms with Gasteiger partial charge in [0.15, 0.2) is 0 Å². The van der Waals surface area contributed by atoms with Gasteiger partial charge in [0, 0.05) is 73.2 Å². The lowest BCUT2D eigenvalue weighted by atomic mass is 9.94. The topological polar surface area (TPSA) is 355 Å². The summed E-state index contributed by atoms with van der Waals surface area (Å²) in [7, 11) is 12.0. The number of carbonyl (C=O) groups is 8. The molecule has 0 radical (unpaired) electrons. The summed E-state index contributed by atoms with van der Waals surface area (Å²) in [4.78, 5) is 95.9. The number of nitrogens with two attached hydrogens (primary N) is 4. The van der Waals surface area contributed by atoms with Crippen LogP contribution in [0, 0.1) is 0 Å². The van der Waals surface area contributed by atoms with Crippen LogP contribution in [0.5, 0.6) is 0 Å². The molecule has 410 valence electrons. The predicted molar refractivity (Wildman–Crippen MR) is 290 cm³/mol. The molecule has 0 spiro atoms. The van der Waals surface area contributed by atoms with Gasteiger partial charge in [-0.25, -0.2) is 4.21 Å². The highest BCUT2D eigenvalue weighted by molar-refractivity contribution is 8.26. The maximum Gasteiger partial charge on any atom is 0.314 e. The van der Waals surface area contributed by atoms with Gasteiger partial charge in [-0.2, -0.15) is 0 Å². The van der Waals surface area contributed by atoms with Crippen molar-refractivity contribution in [2.75, 3.05) is 90.5 Å². The molecule has 27 heteroatoms. The largest absolute Gasteiger partial charge is 0.466 e. The summed E-state index contributed by atoms with van der Waals surface area (Å²) >= 11 is 4.65. The Balaban J connectivity index is 0. The van der Waals surface area contributed by atoms with Gasteiger partial charge in [0.1, 0.15) is 12.3 Å². The Hall–Kier alpha value is -3.51. The van der Waals surface area contributed by atoms with E-state index in [-0.39, 0.29) is 93.5 Å². The maximum absolute atomic E-state index is 13.0. The van der Waals surface area contributed by atoms with Crippen molar-refractivity contribution in [2.24, 2.45) is 22.9 Å². The molecular weight excluding hydrogens is 1100 g/mol. The summed E-state index contributed by atoms with van der Waals surface area (Å²) in [5, 5.41) is 27.0. The molecule has 0 unspecified atom stereocenters. The monoisotopic (exact) mass is 1160 g/mol. The van der Waals surface area contributed by atoms with E-state index in [4.69, 9.17) is 39.4 Å². The summed E-state index contributed by atoms with van der Waals surface area (Å²) in [6.07, 6.45) is 3.78. The molecule has 2 aromatic rings. The van der Waals surface area contributed by atoms with Crippen LogP contribution in [-0.4, -0.2) is 157 Å². The Morgan fingerprint density at radius 2 is 0.904 bits per heavy atom. The number of esters is 4. The SMILES string of the molecule is O=C1C(SCCO)=C(SCCO)C(=O)c2ccccc21.O=C1CCC(=O)O1.O=S(Cl)Cl.[2H]NC.[2H]NC.[2H]NC.[2H]NCOCCCCCCOC(=O)CCC(=O)OCCSC1=C(SCCO)C(=O)c2ccccc2C1=O. The van der Waals surface area contributed by atoms with E-state index in [9.17, 15) is 38.4 Å². The number of halogens is 2. The second-order valence-electron chi connectivity index (χ2n) is 13.2. The first kappa shape index (κ1) is 63.8. The second kappa shape index (κ2) is 45.8. The molecule has 20 nitrogen and oxygen atoms in total. The Kier molecular flexibility index (Phi) is 40.1. The Bertz CT molecular complexity index is 2160. The first-order chi connectivity index (χ1) is 37.0. The molecule has 0 amide bonds. The number of hydrogen-bond donors (Lipinski definition) is 7. The molecule has 0 aromatic heterocycles. The average molecular weight is 1170 g/mol. The van der Waals surface area contributed by atoms with E-state index in [1.807, 2.05) is 17.2 Å². The normalized spacial score (nSPS) is 13.8. The van der Waals surface area contributed by atoms with E-state index >= 15 is 0 Å². The summed E-state index contributed by atoms with van der Waals surface area (Å²) in [5.41, 5.74) is 9.66. The van der Waals surface area contributed by atoms with Crippen LogP contribution in [0.1, 0.15) is 92.8 Å². The van der Waals surface area contributed by atoms with Crippen molar-refractivity contribution in [1.29, 1.82) is 0 Å². The zero-order valence-corrected chi connectivity index (χ0v) is 46.1. The molecule has 73 heavy (non-hydrogen) atoms. The predicted octanol–water partition coefficient (Wildman–Crippen LogP) is 4.44. The van der Waals surface area contributed by atoms with Crippen LogP contribution >= 0.6 is 68.4 Å². The van der Waals surface area contributed by atoms with Gasteiger partial charge in [-0.3, -0.25) is 38.4 Å². The minimum Gasteiger partial charge on any atom is -0.466 e. The average Bonchev–Trinajstić information content (AvgIpc) is 3.80. The third kappa shape index (κ3) is 29.4. The number of cyclic esters (lactones) is 2. The van der Waals surface area contributed by atoms with Crippen LogP contribution in [0.15, 0.2) is 68.2 Å². The summed E-state index contributed by atoms with van der Waals surface area (Å²) in [6.45, 7) is 0.849. The van der Waals surface area contributed by atoms with E-state index in [0.717, 1.165) is 49.2 Å². The van der Waals surface area contributed by atoms with Gasteiger partial charge in [-0.1, -0.05) is 55.0 Å². The lowest BCUT2D eigenvalue weighted by Crippen LogP contribution is -2.20. The van der Waals surface area contributed by atoms with Crippen molar-refractivity contribution >= 4 is 125 Å². The molecular formula is C46H66Cl2N4O16S5. The number of carbonyl (C=O) groups excluding carboxylic acids is 8. The lowest BCUT2D eigenvalue weighted by Gasteiger charge is -2.20. The Labute approximate surface area is 459 Å². The van der Waals surface area contributed by atoms with Gasteiger partial charge in [-0.05, 0) is 40.4 Å². The van der Waals surface area contributed by atoms with Crippen molar-refractivity contribution in [1.82, 2.24) is 0 Å². The van der Waals surface area contributed by atoms with Gasteiger partial charge in [0.2, 0.25) is 32.4 Å². The van der Waals surface area contributed by atoms with Gasteiger partial charge < -0.3 is 57.2 Å². The summed E-state index contributed by atoms with van der Waals surface area (Å²) in [5.74, 6) is -1.40. The summed E-state index contributed by atoms with van der Waals surface area (Å²) < 4.78 is 53.2. The number of hydrogen-bond acceptors (Lipinski definition) is 24. The van der Waals surface area contributed by atoms with Gasteiger partial charge in [0.25, 0.3) is 0 Å². The number of unbranched alkanes of at least 4 members (excludes halogenated alkanes) is 3. The molecule has 11 N–H and O–H groups in total. The molecule has 1 aliphatic heterocycles. The van der Waals surface area contributed by atoms with Gasteiger partial charge in [0.05, 0.1) is 78.5 Å². The quantitative estimate of drug-likeness (QED) is 0.0180. The molecule has 2 aromatic carbocycles. The number of benzene rings is 2. The summed E-state index contributed by atoms with van der Waals surface area (Å²) in [6, 6.07) is 13.4. The number of thioether (sulfide) groups is 4. The fourth-order valence-electron chi connectivity index (χ4n) is 5.63. The molecule has 1 fully saturated rings. The number of allylic oxidation sites excluding steroid dienone is 4. The fourth-order valence-corrected chi connectivity index (χ4v) is 9.45. The highest BCUT2D eigenvalue weighted by atomic mass is 36.0. The minimum absolute atomic E-state index is 0.0185. The third-order valence-corrected chi connectivity index (χ3v) is 13.0. The Morgan fingerprint density at radius 1 is 0.589 bits per heavy atom. The highest BCUT2D eigenvalue weighted by Crippen LogP contribution is 2.39. The first-order valence-electron chi connectivity index (χ1n) is 23.9. The zero-order chi connectivity index (χ0) is 58.4. The number of ether oxygens (including phenoxy) is 4. The van der Waals surface area contributed by atoms with Gasteiger partial charge in [-0.15, -0.1) is 47.0 Å². The van der Waals surface area contributed by atoms with Crippen LogP contribution in [0.2, 0.25) is 5.65 Å². The number of ketones is 4. The number of rotatable bonds is 25. The Morgan fingerprint density at radius 3 is 1.21 bits per heavy atom. The van der Waals surface area contributed by atoms with E-state index in [1.54, 1.807) is 69.7 Å². The standard InChI is InChI=1S/C25H33NO8S2.C14H14O4S2.C4H4O3.3CH5N.Cl2OS/c26-17-32-12-5-1-2-6-13-33-20(28)9-10-21(29)34-14-16-36-25-23(31)19-8-4-3-7-18(19)22(30)24(25)35-15-11-27;15-5-7-19-13-11(17)9-3-1-2-4-10(9)12(18)14(13)20-8-6-16;5-3-1-2-4(6)7-3;3*1-2;1-4(2)3/h3-4,7-8,27H,1-2,5-6,9-17,26H2;1-4,15-16H,5-8H2;1-2H2;3*2H2,1H3;/i/hD4. The highest BCUT2D eigenvalue weighted by Gasteiger charge is 2.33. The van der Waals surface area contributed by atoms with Crippen molar-refractivity contribution in [3.05, 3.63) is 90.4 Å². The third-order valence-electron chi connectivity index (χ3n) is 8.52. The molecule has 0 saturated carbocycles. The zero-order valence-electron chi connectivity index (χ0n) is 44.5. The maximum atomic E-state index is 13.0. The van der Waals surface area contributed by atoms with E-state index in [0.29, 0.717) is 66.6 Å². The molecule has 5 rings (SSSR count). The van der Waals surface area contributed by atoms with Gasteiger partial charge >= 0.3 is 23.9 Å². The van der Waals surface area contributed by atoms with Crippen LogP contribution < -0.4 is 22.9 Å². The van der Waals surface area contributed by atoms with Crippen molar-refractivity contribution < 1.29 is 82.5 Å². The number of Topliss-reactive ketones (excluding diaryl/α,β-unsaturated/α-hetero) is 4. The minimum atomic E-state index is -1.67. The van der Waals surface area contributed by atoms with Crippen LogP contribution in [0.4, 0.5) is 0 Å². The van der Waals surface area contributed by atoms with Crippen LogP contribution in [-0.2, 0) is 47.4 Å². The lowest BCUT2D eigenvalue weighted by molar-refractivity contribution is -0.152. The number of aliphatic hydroxyl groups is 3. The van der Waals surface area contributed by atoms with Crippen molar-refractivity contribution in [3.8, 4) is 0 Å². The van der Waals surface area contributed by atoms with Crippen molar-refractivity contribution in [3.63, 3.8) is 0 Å². The smallest absolute Gasteiger partial charge is 0.314 e. The molecule has 1 saturated heterocycles. The molecule has 0 bridgehead atoms. The molecule has 3 aliphatic rings. The molecule has 2 aliphatic carbocycles. The van der Waals surface area contributed by atoms with Crippen LogP contribution in [0.25, 0.3) is 0 Å². The molecule has 0 atom stereocenters. The van der Waals surface area contributed by atoms with Crippen molar-refractivity contribution in [2.45, 2.75) is 51.4 Å². The molecule has 1 heterocycles. The number of fused-ring (bicyclic) bond motifs is 2. The first-order valence-corrected chi connectivity index (χ1v) is 28.7. The van der Waals surface area contributed by atoms with Crippen LogP contribution in [0.3, 0.4) is 0 Å². The fraction of sp³-hybridized carbons (Fsp3) is 0.478. The van der Waals surface area contributed by atoms with E-state index in [2.05, 4.69) is 31.8 Å². The second-order valence-corrected chi connectivity index (χ2v) is 20.2. The van der Waals surface area contributed by atoms with E-state index in [1.165, 1.54) is 23.5 Å². The van der Waals surface area contributed by atoms with E-state index < -0.39 is 33.1 Å².